The Morgan fingerprint density at radius 1 is 1.21 bits per heavy atom. The first kappa shape index (κ1) is 19.4. The van der Waals surface area contributed by atoms with Gasteiger partial charge >= 0.3 is 0 Å². The number of nitrogens with zero attached hydrogens (tertiary/aromatic N) is 3. The Bertz CT molecular complexity index is 989. The Hall–Kier alpha value is -2.89. The normalized spacial score (nSPS) is 19.2. The molecule has 6 heteroatoms. The molecule has 2 aromatic heterocycles. The van der Waals surface area contributed by atoms with Gasteiger partial charge in [0.1, 0.15) is 5.75 Å². The van der Waals surface area contributed by atoms with Crippen molar-refractivity contribution in [1.82, 2.24) is 19.9 Å². The van der Waals surface area contributed by atoms with E-state index in [1.807, 2.05) is 48.0 Å². The number of carbonyl (C=O) groups is 1. The molecule has 1 amide bonds. The van der Waals surface area contributed by atoms with Crippen molar-refractivity contribution < 1.29 is 9.53 Å². The number of aryl methyl sites for hydroxylation is 1. The van der Waals surface area contributed by atoms with E-state index >= 15 is 0 Å². The van der Waals surface area contributed by atoms with Crippen LogP contribution in [0.1, 0.15) is 48.6 Å². The van der Waals surface area contributed by atoms with Crippen molar-refractivity contribution in [2.75, 3.05) is 13.7 Å². The maximum Gasteiger partial charge on any atom is 0.224 e. The molecule has 0 radical (unpaired) electrons. The highest BCUT2D eigenvalue weighted by atomic mass is 16.5. The van der Waals surface area contributed by atoms with E-state index in [2.05, 4.69) is 21.5 Å². The van der Waals surface area contributed by atoms with Crippen molar-refractivity contribution >= 4 is 11.6 Å². The standard InChI is InChI=1S/C23H28N4O2/c1-16-13-22-24-12-11-20(27(22)26-16)18-9-7-17(8-10-18)15-25-23(28)14-19-5-3-4-6-21(19)29-2/h3-6,11-13,17-18H,7-10,14-15H2,1-2H3,(H,25,28). The van der Waals surface area contributed by atoms with E-state index in [0.29, 0.717) is 18.3 Å². The van der Waals surface area contributed by atoms with Gasteiger partial charge < -0.3 is 10.1 Å². The SMILES string of the molecule is COc1ccccc1CC(=O)NCC1CCC(c2ccnc3cc(C)nn23)CC1. The van der Waals surface area contributed by atoms with Gasteiger partial charge in [-0.15, -0.1) is 0 Å². The number of methoxy groups -OCH3 is 1. The minimum atomic E-state index is 0.0551. The molecule has 6 nitrogen and oxygen atoms in total. The van der Waals surface area contributed by atoms with E-state index in [9.17, 15) is 4.79 Å². The first-order chi connectivity index (χ1) is 14.1. The minimum absolute atomic E-state index is 0.0551. The number of rotatable bonds is 6. The zero-order valence-corrected chi connectivity index (χ0v) is 17.1. The maximum absolute atomic E-state index is 12.4. The average Bonchev–Trinajstić information content (AvgIpc) is 3.13. The largest absolute Gasteiger partial charge is 0.496 e. The van der Waals surface area contributed by atoms with Crippen molar-refractivity contribution in [3.63, 3.8) is 0 Å². The van der Waals surface area contributed by atoms with Gasteiger partial charge in [-0.05, 0) is 50.7 Å². The lowest BCUT2D eigenvalue weighted by Crippen LogP contribution is -2.32. The summed E-state index contributed by atoms with van der Waals surface area (Å²) in [6, 6.07) is 11.8. The third-order valence-corrected chi connectivity index (χ3v) is 5.91. The van der Waals surface area contributed by atoms with E-state index < -0.39 is 0 Å². The number of fused-ring (bicyclic) bond motifs is 1. The monoisotopic (exact) mass is 392 g/mol. The number of para-hydroxylation sites is 1. The van der Waals surface area contributed by atoms with Gasteiger partial charge in [-0.25, -0.2) is 9.50 Å². The van der Waals surface area contributed by atoms with Crippen molar-refractivity contribution in [3.05, 3.63) is 59.5 Å². The van der Waals surface area contributed by atoms with Crippen LogP contribution in [0.25, 0.3) is 5.65 Å². The van der Waals surface area contributed by atoms with Gasteiger partial charge in [-0.1, -0.05) is 18.2 Å². The Labute approximate surface area is 171 Å². The second-order valence-corrected chi connectivity index (χ2v) is 7.94. The molecule has 1 aromatic carbocycles. The van der Waals surface area contributed by atoms with Crippen molar-refractivity contribution in [2.24, 2.45) is 5.92 Å². The molecule has 152 valence electrons. The van der Waals surface area contributed by atoms with Crippen molar-refractivity contribution in [1.29, 1.82) is 0 Å². The smallest absolute Gasteiger partial charge is 0.224 e. The molecular formula is C23H28N4O2. The van der Waals surface area contributed by atoms with Crippen molar-refractivity contribution in [3.8, 4) is 5.75 Å². The van der Waals surface area contributed by atoms with Crippen LogP contribution in [0.15, 0.2) is 42.6 Å². The number of hydrogen-bond donors (Lipinski definition) is 1. The molecule has 2 heterocycles. The summed E-state index contributed by atoms with van der Waals surface area (Å²) in [5.41, 5.74) is 4.09. The van der Waals surface area contributed by atoms with Crippen LogP contribution < -0.4 is 10.1 Å². The van der Waals surface area contributed by atoms with Gasteiger partial charge in [0.2, 0.25) is 5.91 Å². The number of benzene rings is 1. The molecule has 0 unspecified atom stereocenters. The summed E-state index contributed by atoms with van der Waals surface area (Å²) < 4.78 is 7.33. The van der Waals surface area contributed by atoms with E-state index in [1.54, 1.807) is 7.11 Å². The first-order valence-corrected chi connectivity index (χ1v) is 10.3. The summed E-state index contributed by atoms with van der Waals surface area (Å²) >= 11 is 0. The molecule has 3 aromatic rings. The van der Waals surface area contributed by atoms with Crippen LogP contribution in [0.3, 0.4) is 0 Å². The predicted molar refractivity (Wildman–Crippen MR) is 112 cm³/mol. The summed E-state index contributed by atoms with van der Waals surface area (Å²) in [5, 5.41) is 7.73. The second-order valence-electron chi connectivity index (χ2n) is 7.94. The highest BCUT2D eigenvalue weighted by Crippen LogP contribution is 2.35. The molecule has 1 fully saturated rings. The van der Waals surface area contributed by atoms with Gasteiger partial charge in [-0.3, -0.25) is 4.79 Å². The molecule has 0 bridgehead atoms. The number of carbonyl (C=O) groups excluding carboxylic acids is 1. The van der Waals surface area contributed by atoms with Crippen LogP contribution in [-0.2, 0) is 11.2 Å². The summed E-state index contributed by atoms with van der Waals surface area (Å²) in [6.07, 6.45) is 6.70. The highest BCUT2D eigenvalue weighted by Gasteiger charge is 2.25. The molecule has 1 N–H and O–H groups in total. The summed E-state index contributed by atoms with van der Waals surface area (Å²) in [5.74, 6) is 1.85. The Morgan fingerprint density at radius 2 is 2.00 bits per heavy atom. The predicted octanol–water partition coefficient (Wildman–Crippen LogP) is 3.68. The number of aromatic nitrogens is 3. The third kappa shape index (κ3) is 4.42. The van der Waals surface area contributed by atoms with Gasteiger partial charge in [0.05, 0.1) is 19.2 Å². The van der Waals surface area contributed by atoms with Gasteiger partial charge in [-0.2, -0.15) is 5.10 Å². The molecule has 29 heavy (non-hydrogen) atoms. The molecule has 1 aliphatic rings. The summed E-state index contributed by atoms with van der Waals surface area (Å²) in [6.45, 7) is 2.75. The fourth-order valence-corrected chi connectivity index (χ4v) is 4.34. The molecule has 1 aliphatic carbocycles. The number of amides is 1. The van der Waals surface area contributed by atoms with E-state index in [-0.39, 0.29) is 5.91 Å². The van der Waals surface area contributed by atoms with Crippen LogP contribution in [-0.4, -0.2) is 34.2 Å². The van der Waals surface area contributed by atoms with Gasteiger partial charge in [0.15, 0.2) is 5.65 Å². The topological polar surface area (TPSA) is 68.5 Å². The fourth-order valence-electron chi connectivity index (χ4n) is 4.34. The van der Waals surface area contributed by atoms with E-state index in [1.165, 1.54) is 5.69 Å². The summed E-state index contributed by atoms with van der Waals surface area (Å²) in [4.78, 5) is 16.8. The van der Waals surface area contributed by atoms with Gasteiger partial charge in [0, 0.05) is 36.0 Å². The molecule has 0 atom stereocenters. The van der Waals surface area contributed by atoms with Gasteiger partial charge in [0.25, 0.3) is 0 Å². The highest BCUT2D eigenvalue weighted by molar-refractivity contribution is 5.79. The second kappa shape index (κ2) is 8.64. The lowest BCUT2D eigenvalue weighted by Gasteiger charge is -2.29. The minimum Gasteiger partial charge on any atom is -0.496 e. The third-order valence-electron chi connectivity index (χ3n) is 5.91. The Kier molecular flexibility index (Phi) is 5.79. The Morgan fingerprint density at radius 3 is 2.79 bits per heavy atom. The van der Waals surface area contributed by atoms with E-state index in [4.69, 9.17) is 4.74 Å². The average molecular weight is 393 g/mol. The molecule has 1 saturated carbocycles. The van der Waals surface area contributed by atoms with Crippen LogP contribution in [0.5, 0.6) is 5.75 Å². The molecule has 4 rings (SSSR count). The first-order valence-electron chi connectivity index (χ1n) is 10.3. The number of ether oxygens (including phenoxy) is 1. The van der Waals surface area contributed by atoms with Crippen LogP contribution in [0, 0.1) is 12.8 Å². The lowest BCUT2D eigenvalue weighted by molar-refractivity contribution is -0.120. The molecule has 0 aliphatic heterocycles. The quantitative estimate of drug-likeness (QED) is 0.695. The maximum atomic E-state index is 12.4. The zero-order valence-electron chi connectivity index (χ0n) is 17.1. The molecule has 0 saturated heterocycles. The van der Waals surface area contributed by atoms with Crippen molar-refractivity contribution in [2.45, 2.75) is 44.9 Å². The number of hydrogen-bond acceptors (Lipinski definition) is 4. The van der Waals surface area contributed by atoms with Crippen LogP contribution >= 0.6 is 0 Å². The summed E-state index contributed by atoms with van der Waals surface area (Å²) in [7, 11) is 1.64. The fraction of sp³-hybridized carbons (Fsp3) is 0.435. The number of nitrogens with one attached hydrogen (secondary N) is 1. The Balaban J connectivity index is 1.29. The molecular weight excluding hydrogens is 364 g/mol. The lowest BCUT2D eigenvalue weighted by atomic mass is 9.80. The van der Waals surface area contributed by atoms with Crippen LogP contribution in [0.2, 0.25) is 0 Å². The van der Waals surface area contributed by atoms with E-state index in [0.717, 1.165) is 54.9 Å². The van der Waals surface area contributed by atoms with Crippen LogP contribution in [0.4, 0.5) is 0 Å². The molecule has 0 spiro atoms. The zero-order chi connectivity index (χ0) is 20.2.